The van der Waals surface area contributed by atoms with Crippen molar-refractivity contribution >= 4 is 23.4 Å². The van der Waals surface area contributed by atoms with Crippen LogP contribution in [-0.4, -0.2) is 36.5 Å². The largest absolute Gasteiger partial charge is 0.481 e. The fraction of sp³-hybridized carbons (Fsp3) is 0.545. The van der Waals surface area contributed by atoms with Crippen LogP contribution in [-0.2, 0) is 19.1 Å². The quantitative estimate of drug-likeness (QED) is 0.352. The Morgan fingerprint density at radius 1 is 1.13 bits per heavy atom. The smallest absolute Gasteiger partial charge is 0.310 e. The zero-order chi connectivity index (χ0) is 27.9. The number of esters is 1. The van der Waals surface area contributed by atoms with Gasteiger partial charge in [-0.25, -0.2) is 0 Å². The first-order valence-electron chi connectivity index (χ1n) is 14.2. The van der Waals surface area contributed by atoms with Crippen LogP contribution in [0.5, 0.6) is 0 Å². The Morgan fingerprint density at radius 3 is 2.51 bits per heavy atom. The average molecular weight is 530 g/mol. The van der Waals surface area contributed by atoms with Gasteiger partial charge >= 0.3 is 11.9 Å². The Bertz CT molecular complexity index is 1310. The number of carboxylic acid groups (broad SMARTS) is 1. The van der Waals surface area contributed by atoms with E-state index >= 15 is 0 Å². The number of ketones is 1. The lowest BCUT2D eigenvalue weighted by Gasteiger charge is -2.54. The molecule has 6 atom stereocenters. The molecule has 1 unspecified atom stereocenters. The molecule has 6 nitrogen and oxygen atoms in total. The van der Waals surface area contributed by atoms with Gasteiger partial charge in [0.05, 0.1) is 11.3 Å². The predicted octanol–water partition coefficient (Wildman–Crippen LogP) is 5.90. The van der Waals surface area contributed by atoms with E-state index in [1.54, 1.807) is 6.92 Å². The Hall–Kier alpha value is -3.33. The molecule has 0 heterocycles. The summed E-state index contributed by atoms with van der Waals surface area (Å²) < 4.78 is 5.23. The minimum atomic E-state index is -0.863. The molecule has 1 aromatic rings. The number of carboxylic acids is 1. The monoisotopic (exact) mass is 529 g/mol. The van der Waals surface area contributed by atoms with E-state index in [1.165, 1.54) is 29.2 Å². The summed E-state index contributed by atoms with van der Waals surface area (Å²) in [7, 11) is 1.91. The molecule has 6 heteroatoms. The number of carbonyl (C=O) groups excluding carboxylic acids is 2. The number of ether oxygens (including phenoxy) is 1. The van der Waals surface area contributed by atoms with Gasteiger partial charge in [-0.2, -0.15) is 0 Å². The van der Waals surface area contributed by atoms with E-state index in [2.05, 4.69) is 48.3 Å². The summed E-state index contributed by atoms with van der Waals surface area (Å²) in [6.07, 6.45) is 7.60. The van der Waals surface area contributed by atoms with Gasteiger partial charge in [-0.15, -0.1) is 5.92 Å². The number of nitrogens with one attached hydrogen (secondary N) is 1. The summed E-state index contributed by atoms with van der Waals surface area (Å²) in [6.45, 7) is 5.14. The summed E-state index contributed by atoms with van der Waals surface area (Å²) in [6, 6.07) is 8.58. The molecule has 0 bridgehead atoms. The van der Waals surface area contributed by atoms with Gasteiger partial charge in [0.25, 0.3) is 0 Å². The maximum absolute atomic E-state index is 13.9. The van der Waals surface area contributed by atoms with E-state index in [0.29, 0.717) is 18.8 Å². The van der Waals surface area contributed by atoms with Gasteiger partial charge in [0, 0.05) is 25.6 Å². The lowest BCUT2D eigenvalue weighted by atomic mass is 9.48. The highest BCUT2D eigenvalue weighted by molar-refractivity contribution is 5.91. The van der Waals surface area contributed by atoms with E-state index in [0.717, 1.165) is 37.8 Å². The first-order chi connectivity index (χ1) is 18.6. The van der Waals surface area contributed by atoms with Gasteiger partial charge in [0.1, 0.15) is 0 Å². The van der Waals surface area contributed by atoms with E-state index in [1.807, 2.05) is 13.1 Å². The van der Waals surface area contributed by atoms with Crippen molar-refractivity contribution in [3.05, 3.63) is 52.6 Å². The van der Waals surface area contributed by atoms with Gasteiger partial charge in [-0.1, -0.05) is 36.6 Å². The Labute approximate surface area is 231 Å². The topological polar surface area (TPSA) is 92.7 Å². The van der Waals surface area contributed by atoms with Crippen LogP contribution in [0, 0.1) is 40.4 Å². The SMILES string of the molecule is CC#C[C@]1(C(=O)COC(C)=O)CC[C@H]2[C@@H]3CCC4=CC(C(=O)O)CCC4=C3[C@@H](c3ccc(NC)cc3)C[C@@]21C. The lowest BCUT2D eigenvalue weighted by Crippen LogP contribution is -2.51. The molecular weight excluding hydrogens is 490 g/mol. The maximum Gasteiger partial charge on any atom is 0.310 e. The van der Waals surface area contributed by atoms with E-state index in [-0.39, 0.29) is 29.6 Å². The zero-order valence-corrected chi connectivity index (χ0v) is 23.4. The molecule has 39 heavy (non-hydrogen) atoms. The third kappa shape index (κ3) is 4.40. The third-order valence-corrected chi connectivity index (χ3v) is 10.2. The third-order valence-electron chi connectivity index (χ3n) is 10.2. The number of rotatable bonds is 6. The van der Waals surface area contributed by atoms with Crippen LogP contribution in [0.3, 0.4) is 0 Å². The average Bonchev–Trinajstić information content (AvgIpc) is 3.23. The molecule has 0 saturated heterocycles. The second-order valence-electron chi connectivity index (χ2n) is 11.9. The first-order valence-corrected chi connectivity index (χ1v) is 14.2. The van der Waals surface area contributed by atoms with Crippen molar-refractivity contribution in [2.24, 2.45) is 28.6 Å². The van der Waals surface area contributed by atoms with Gasteiger partial charge in [-0.3, -0.25) is 14.4 Å². The standard InChI is InChI=1S/C33H39NO5/c1-5-15-33(29(36)19-39-20(2)35)16-14-28-26-13-8-22-17-23(31(37)38)9-12-25(22)30(26)27(18-32(28,33)3)21-6-10-24(34-4)11-7-21/h6-7,10-11,17,23,26-28,34H,8-9,12-14,16,18-19H2,1-4H3,(H,37,38)/t23?,26-,27+,28-,32-,33+/m0/s1. The number of carbonyl (C=O) groups is 3. The van der Waals surface area contributed by atoms with Gasteiger partial charge in [-0.05, 0) is 98.0 Å². The second-order valence-corrected chi connectivity index (χ2v) is 11.9. The van der Waals surface area contributed by atoms with E-state index < -0.39 is 23.3 Å². The molecule has 0 aromatic heterocycles. The molecule has 206 valence electrons. The Balaban J connectivity index is 1.65. The minimum Gasteiger partial charge on any atom is -0.481 e. The van der Waals surface area contributed by atoms with Gasteiger partial charge in [0.2, 0.25) is 0 Å². The van der Waals surface area contributed by atoms with E-state index in [9.17, 15) is 19.5 Å². The lowest BCUT2D eigenvalue weighted by molar-refractivity contribution is -0.150. The first kappa shape index (κ1) is 27.2. The van der Waals surface area contributed by atoms with E-state index in [4.69, 9.17) is 4.74 Å². The van der Waals surface area contributed by atoms with Crippen molar-refractivity contribution in [3.8, 4) is 11.8 Å². The van der Waals surface area contributed by atoms with Crippen LogP contribution in [0.4, 0.5) is 5.69 Å². The van der Waals surface area contributed by atoms with Crippen molar-refractivity contribution in [1.29, 1.82) is 0 Å². The molecule has 4 aliphatic carbocycles. The van der Waals surface area contributed by atoms with Crippen molar-refractivity contribution in [2.45, 2.75) is 71.6 Å². The molecule has 2 saturated carbocycles. The number of benzene rings is 1. The van der Waals surface area contributed by atoms with Gasteiger partial charge in [0.15, 0.2) is 12.4 Å². The highest BCUT2D eigenvalue weighted by Crippen LogP contribution is 2.69. The summed E-state index contributed by atoms with van der Waals surface area (Å²) >= 11 is 0. The number of hydrogen-bond acceptors (Lipinski definition) is 5. The van der Waals surface area contributed by atoms with Crippen LogP contribution >= 0.6 is 0 Å². The number of anilines is 1. The Morgan fingerprint density at radius 2 is 1.87 bits per heavy atom. The molecule has 2 fully saturated rings. The van der Waals surface area contributed by atoms with Crippen molar-refractivity contribution in [1.82, 2.24) is 0 Å². The highest BCUT2D eigenvalue weighted by Gasteiger charge is 2.65. The molecule has 5 rings (SSSR count). The van der Waals surface area contributed by atoms with Crippen molar-refractivity contribution in [2.75, 3.05) is 19.0 Å². The molecule has 0 amide bonds. The molecule has 0 radical (unpaired) electrons. The van der Waals surface area contributed by atoms with Crippen LogP contribution in [0.25, 0.3) is 0 Å². The van der Waals surface area contributed by atoms with Crippen LogP contribution in [0.1, 0.15) is 77.2 Å². The number of hydrogen-bond donors (Lipinski definition) is 2. The molecule has 2 N–H and O–H groups in total. The van der Waals surface area contributed by atoms with Crippen LogP contribution < -0.4 is 5.32 Å². The predicted molar refractivity (Wildman–Crippen MR) is 150 cm³/mol. The molecule has 0 aliphatic heterocycles. The summed E-state index contributed by atoms with van der Waals surface area (Å²) in [5.41, 5.74) is 5.06. The Kier molecular flexibility index (Phi) is 7.22. The fourth-order valence-electron chi connectivity index (χ4n) is 8.44. The minimum absolute atomic E-state index is 0.0872. The number of Topliss-reactive ketones (excluding diaryl/α,β-unsaturated/α-hetero) is 1. The fourth-order valence-corrected chi connectivity index (χ4v) is 8.44. The van der Waals surface area contributed by atoms with Gasteiger partial charge < -0.3 is 15.2 Å². The number of aliphatic carboxylic acids is 1. The maximum atomic E-state index is 13.9. The molecular formula is C33H39NO5. The van der Waals surface area contributed by atoms with Crippen LogP contribution in [0.2, 0.25) is 0 Å². The zero-order valence-electron chi connectivity index (χ0n) is 23.4. The summed E-state index contributed by atoms with van der Waals surface area (Å²) in [4.78, 5) is 37.3. The van der Waals surface area contributed by atoms with Crippen LogP contribution in [0.15, 0.2) is 47.1 Å². The highest BCUT2D eigenvalue weighted by atomic mass is 16.5. The molecule has 0 spiro atoms. The molecule has 1 aromatic carbocycles. The molecule has 4 aliphatic rings. The van der Waals surface area contributed by atoms with Crippen molar-refractivity contribution in [3.63, 3.8) is 0 Å². The normalized spacial score (nSPS) is 33.0. The summed E-state index contributed by atoms with van der Waals surface area (Å²) in [5.74, 6) is 5.48. The van der Waals surface area contributed by atoms with Crippen molar-refractivity contribution < 1.29 is 24.2 Å². The number of allylic oxidation sites excluding steroid dienone is 3. The second kappa shape index (κ2) is 10.3. The summed E-state index contributed by atoms with van der Waals surface area (Å²) in [5, 5.41) is 12.9. The number of fused-ring (bicyclic) bond motifs is 4.